The van der Waals surface area contributed by atoms with Gasteiger partial charge in [-0.05, 0) is 107 Å². The number of benzene rings is 4. The third-order valence-corrected chi connectivity index (χ3v) is 9.95. The molecular weight excluding hydrogens is 777 g/mol. The van der Waals surface area contributed by atoms with Gasteiger partial charge in [-0.2, -0.15) is 21.6 Å². The highest BCUT2D eigenvalue weighted by atomic mass is 127. The first kappa shape index (κ1) is 36.1. The van der Waals surface area contributed by atoms with Crippen molar-refractivity contribution in [2.24, 2.45) is 5.92 Å². The summed E-state index contributed by atoms with van der Waals surface area (Å²) in [5, 5.41) is 0. The minimum Gasteiger partial charge on any atom is -0.458 e. The molecule has 0 radical (unpaired) electrons. The van der Waals surface area contributed by atoms with Crippen molar-refractivity contribution in [1.29, 1.82) is 0 Å². The Morgan fingerprint density at radius 1 is 0.959 bits per heavy atom. The SMILES string of the molecule is CC(=O)O[C@@H](CCC1C(=O)N(c2ccc(OS(=O)(=O)C(F)(F)F)cc2)C1c1ccc(CC=Cc2ccccc2I)cc1)c1ccc(F)cc1. The van der Waals surface area contributed by atoms with E-state index in [9.17, 15) is 35.6 Å². The Balaban J connectivity index is 1.38. The molecule has 1 amide bonds. The number of anilines is 1. The maximum absolute atomic E-state index is 13.7. The van der Waals surface area contributed by atoms with E-state index in [1.54, 1.807) is 0 Å². The van der Waals surface area contributed by atoms with Gasteiger partial charge in [0.1, 0.15) is 17.7 Å². The molecule has 4 aromatic carbocycles. The van der Waals surface area contributed by atoms with Gasteiger partial charge in [-0.15, -0.1) is 0 Å². The normalized spacial score (nSPS) is 17.1. The number of halogens is 5. The molecule has 7 nitrogen and oxygen atoms in total. The van der Waals surface area contributed by atoms with Crippen molar-refractivity contribution in [3.8, 4) is 5.75 Å². The fraction of sp³-hybridized carbons (Fsp3) is 0.222. The fourth-order valence-corrected chi connectivity index (χ4v) is 6.65. The highest BCUT2D eigenvalue weighted by Crippen LogP contribution is 2.47. The summed E-state index contributed by atoms with van der Waals surface area (Å²) in [4.78, 5) is 27.0. The summed E-state index contributed by atoms with van der Waals surface area (Å²) in [6.07, 6.45) is 4.59. The lowest BCUT2D eigenvalue weighted by Gasteiger charge is -2.48. The van der Waals surface area contributed by atoms with Crippen LogP contribution in [0.3, 0.4) is 0 Å². The molecule has 1 aliphatic heterocycles. The van der Waals surface area contributed by atoms with E-state index in [1.165, 1.54) is 48.2 Å². The number of β-lactam (4-membered cyclic amide) rings is 1. The molecule has 1 saturated heterocycles. The molecule has 0 N–H and O–H groups in total. The molecule has 1 aliphatic rings. The predicted molar refractivity (Wildman–Crippen MR) is 184 cm³/mol. The highest BCUT2D eigenvalue weighted by molar-refractivity contribution is 14.1. The van der Waals surface area contributed by atoms with Gasteiger partial charge in [-0.25, -0.2) is 4.39 Å². The lowest BCUT2D eigenvalue weighted by Crippen LogP contribution is -2.55. The predicted octanol–water partition coefficient (Wildman–Crippen LogP) is 8.70. The van der Waals surface area contributed by atoms with Crippen LogP contribution in [0, 0.1) is 15.3 Å². The number of allylic oxidation sites excluding steroid dienone is 1. The van der Waals surface area contributed by atoms with Crippen molar-refractivity contribution in [2.75, 3.05) is 4.90 Å². The summed E-state index contributed by atoms with van der Waals surface area (Å²) < 4.78 is 85.9. The second kappa shape index (κ2) is 15.1. The molecule has 0 aromatic heterocycles. The standard InChI is InChI=1S/C36H30F4INO6S/c1-23(43)47-33(26-13-15-28(37)16-14-26)22-21-31-34(27-11-9-24(10-12-27)5-4-7-25-6-2-3-8-32(25)41)42(35(31)44)29-17-19-30(20-18-29)48-49(45,46)36(38,39)40/h2-4,6-20,31,33-34H,5,21-22H2,1H3/t31?,33-,34?/m0/s1. The Hall–Kier alpha value is -4.24. The summed E-state index contributed by atoms with van der Waals surface area (Å²) in [5.74, 6) is -2.39. The molecule has 5 rings (SSSR count). The van der Waals surface area contributed by atoms with E-state index < -0.39 is 51.2 Å². The van der Waals surface area contributed by atoms with Crippen molar-refractivity contribution >= 4 is 56.3 Å². The van der Waals surface area contributed by atoms with Crippen molar-refractivity contribution in [2.45, 2.75) is 43.8 Å². The van der Waals surface area contributed by atoms with Crippen LogP contribution in [-0.4, -0.2) is 25.8 Å². The smallest absolute Gasteiger partial charge is 0.458 e. The zero-order valence-corrected chi connectivity index (χ0v) is 28.9. The van der Waals surface area contributed by atoms with Crippen LogP contribution in [-0.2, 0) is 30.9 Å². The van der Waals surface area contributed by atoms with E-state index in [2.05, 4.69) is 32.8 Å². The monoisotopic (exact) mass is 807 g/mol. The number of amides is 1. The number of rotatable bonds is 12. The largest absolute Gasteiger partial charge is 0.534 e. The third kappa shape index (κ3) is 8.68. The molecule has 0 saturated carbocycles. The number of carbonyl (C=O) groups is 2. The zero-order chi connectivity index (χ0) is 35.3. The maximum Gasteiger partial charge on any atom is 0.534 e. The van der Waals surface area contributed by atoms with Gasteiger partial charge < -0.3 is 13.8 Å². The molecule has 13 heteroatoms. The molecule has 2 unspecified atom stereocenters. The quantitative estimate of drug-likeness (QED) is 0.0356. The zero-order valence-electron chi connectivity index (χ0n) is 25.9. The highest BCUT2D eigenvalue weighted by Gasteiger charge is 2.50. The number of alkyl halides is 3. The average molecular weight is 808 g/mol. The van der Waals surface area contributed by atoms with Crippen LogP contribution in [0.1, 0.15) is 54.2 Å². The van der Waals surface area contributed by atoms with E-state index in [0.717, 1.165) is 32.4 Å². The first-order valence-electron chi connectivity index (χ1n) is 15.1. The lowest BCUT2D eigenvalue weighted by molar-refractivity contribution is -0.147. The van der Waals surface area contributed by atoms with Crippen LogP contribution in [0.5, 0.6) is 5.75 Å². The maximum atomic E-state index is 13.7. The van der Waals surface area contributed by atoms with Crippen molar-refractivity contribution in [3.05, 3.63) is 135 Å². The number of nitrogens with zero attached hydrogens (tertiary/aromatic N) is 1. The Morgan fingerprint density at radius 2 is 1.61 bits per heavy atom. The molecule has 0 spiro atoms. The van der Waals surface area contributed by atoms with Crippen LogP contribution < -0.4 is 9.08 Å². The Kier molecular flexibility index (Phi) is 11.1. The van der Waals surface area contributed by atoms with Crippen molar-refractivity contribution < 1.29 is 44.5 Å². The summed E-state index contributed by atoms with van der Waals surface area (Å²) in [7, 11) is -5.87. The van der Waals surface area contributed by atoms with Crippen molar-refractivity contribution in [1.82, 2.24) is 0 Å². The van der Waals surface area contributed by atoms with Crippen LogP contribution >= 0.6 is 22.6 Å². The second-order valence-corrected chi connectivity index (χ2v) is 14.0. The van der Waals surface area contributed by atoms with E-state index in [4.69, 9.17) is 4.74 Å². The molecule has 256 valence electrons. The van der Waals surface area contributed by atoms with Crippen LogP contribution in [0.2, 0.25) is 0 Å². The van der Waals surface area contributed by atoms with Crippen LogP contribution in [0.25, 0.3) is 6.08 Å². The molecule has 4 aromatic rings. The first-order valence-corrected chi connectivity index (χ1v) is 17.6. The minimum absolute atomic E-state index is 0.259. The number of hydrogen-bond acceptors (Lipinski definition) is 6. The average Bonchev–Trinajstić information content (AvgIpc) is 3.05. The van der Waals surface area contributed by atoms with Gasteiger partial charge in [0.15, 0.2) is 0 Å². The van der Waals surface area contributed by atoms with Crippen molar-refractivity contribution in [3.63, 3.8) is 0 Å². The summed E-state index contributed by atoms with van der Waals surface area (Å²) in [6.45, 7) is 1.26. The van der Waals surface area contributed by atoms with E-state index in [1.807, 2.05) is 54.6 Å². The summed E-state index contributed by atoms with van der Waals surface area (Å²) in [6, 6.07) is 25.5. The number of esters is 1. The molecular formula is C36H30F4INO6S. The van der Waals surface area contributed by atoms with Gasteiger partial charge in [-0.3, -0.25) is 9.59 Å². The van der Waals surface area contributed by atoms with E-state index in [-0.39, 0.29) is 12.3 Å². The van der Waals surface area contributed by atoms with Gasteiger partial charge in [0.05, 0.1) is 12.0 Å². The fourth-order valence-electron chi connectivity index (χ4n) is 5.62. The minimum atomic E-state index is -5.87. The molecule has 49 heavy (non-hydrogen) atoms. The first-order chi connectivity index (χ1) is 23.2. The van der Waals surface area contributed by atoms with Gasteiger partial charge in [0.2, 0.25) is 5.91 Å². The molecule has 0 bridgehead atoms. The Bertz CT molecular complexity index is 1930. The van der Waals surface area contributed by atoms with Gasteiger partial charge >= 0.3 is 21.6 Å². The Labute approximate surface area is 294 Å². The second-order valence-electron chi connectivity index (χ2n) is 11.3. The summed E-state index contributed by atoms with van der Waals surface area (Å²) in [5.41, 5.74) is -1.78. The summed E-state index contributed by atoms with van der Waals surface area (Å²) >= 11 is 2.28. The van der Waals surface area contributed by atoms with Crippen LogP contribution in [0.15, 0.2) is 103 Å². The van der Waals surface area contributed by atoms with Gasteiger partial charge in [-0.1, -0.05) is 66.7 Å². The Morgan fingerprint density at radius 3 is 2.22 bits per heavy atom. The van der Waals surface area contributed by atoms with Gasteiger partial charge in [0, 0.05) is 16.2 Å². The third-order valence-electron chi connectivity index (χ3n) is 7.99. The molecule has 0 aliphatic carbocycles. The lowest BCUT2D eigenvalue weighted by atomic mass is 9.78. The topological polar surface area (TPSA) is 90.0 Å². The molecule has 1 fully saturated rings. The molecule has 1 heterocycles. The number of hydrogen-bond donors (Lipinski definition) is 0. The number of ether oxygens (including phenoxy) is 1. The number of carbonyl (C=O) groups excluding carboxylic acids is 2. The van der Waals surface area contributed by atoms with Gasteiger partial charge in [0.25, 0.3) is 0 Å². The van der Waals surface area contributed by atoms with E-state index >= 15 is 0 Å². The van der Waals surface area contributed by atoms with Crippen LogP contribution in [0.4, 0.5) is 23.2 Å². The van der Waals surface area contributed by atoms with E-state index in [0.29, 0.717) is 24.1 Å². The molecule has 3 atom stereocenters.